The van der Waals surface area contributed by atoms with Gasteiger partial charge in [-0.15, -0.1) is 0 Å². The van der Waals surface area contributed by atoms with Crippen LogP contribution >= 0.6 is 22.6 Å². The highest BCUT2D eigenvalue weighted by atomic mass is 127. The second kappa shape index (κ2) is 4.14. The van der Waals surface area contributed by atoms with Gasteiger partial charge in [0, 0.05) is 10.3 Å². The molecular formula is C9H13IO. The normalized spacial score (nSPS) is 13.4. The van der Waals surface area contributed by atoms with E-state index in [0.717, 1.165) is 21.9 Å². The molecule has 2 heteroatoms. The number of hydrogen-bond donors (Lipinski definition) is 0. The van der Waals surface area contributed by atoms with E-state index in [0.29, 0.717) is 0 Å². The SMILES string of the molecule is Cc1ccc(CCC(C)I)o1. The lowest BCUT2D eigenvalue weighted by atomic mass is 10.2. The molecule has 0 fully saturated rings. The summed E-state index contributed by atoms with van der Waals surface area (Å²) in [7, 11) is 0. The van der Waals surface area contributed by atoms with E-state index in [9.17, 15) is 0 Å². The Hall–Kier alpha value is 0.01000. The van der Waals surface area contributed by atoms with Gasteiger partial charge in [0.1, 0.15) is 11.5 Å². The molecule has 1 aromatic heterocycles. The molecule has 1 heterocycles. The van der Waals surface area contributed by atoms with Crippen molar-refractivity contribution in [1.29, 1.82) is 0 Å². The molecule has 1 nitrogen and oxygen atoms in total. The van der Waals surface area contributed by atoms with Gasteiger partial charge in [0.2, 0.25) is 0 Å². The van der Waals surface area contributed by atoms with Crippen molar-refractivity contribution >= 4 is 22.6 Å². The van der Waals surface area contributed by atoms with Crippen LogP contribution in [0.1, 0.15) is 24.9 Å². The Morgan fingerprint density at radius 3 is 2.73 bits per heavy atom. The predicted octanol–water partition coefficient (Wildman–Crippen LogP) is 3.34. The van der Waals surface area contributed by atoms with E-state index in [1.807, 2.05) is 13.0 Å². The van der Waals surface area contributed by atoms with Crippen molar-refractivity contribution in [2.24, 2.45) is 0 Å². The maximum absolute atomic E-state index is 5.43. The molecular weight excluding hydrogens is 251 g/mol. The third kappa shape index (κ3) is 3.27. The first-order chi connectivity index (χ1) is 5.18. The van der Waals surface area contributed by atoms with E-state index in [1.165, 1.54) is 6.42 Å². The summed E-state index contributed by atoms with van der Waals surface area (Å²) in [5.41, 5.74) is 0. The second-order valence-corrected chi connectivity index (χ2v) is 4.96. The Kier molecular flexibility index (Phi) is 3.43. The Morgan fingerprint density at radius 1 is 1.55 bits per heavy atom. The van der Waals surface area contributed by atoms with Gasteiger partial charge in [0.05, 0.1) is 0 Å². The minimum absolute atomic E-state index is 0.734. The summed E-state index contributed by atoms with van der Waals surface area (Å²) in [6.45, 7) is 4.20. The van der Waals surface area contributed by atoms with Gasteiger partial charge in [0.25, 0.3) is 0 Å². The Bertz CT molecular complexity index is 215. The van der Waals surface area contributed by atoms with Crippen LogP contribution in [0.3, 0.4) is 0 Å². The van der Waals surface area contributed by atoms with Crippen LogP contribution in [0.25, 0.3) is 0 Å². The van der Waals surface area contributed by atoms with Gasteiger partial charge < -0.3 is 4.42 Å². The summed E-state index contributed by atoms with van der Waals surface area (Å²) < 4.78 is 6.16. The summed E-state index contributed by atoms with van der Waals surface area (Å²) in [6, 6.07) is 4.08. The van der Waals surface area contributed by atoms with Crippen molar-refractivity contribution < 1.29 is 4.42 Å². The lowest BCUT2D eigenvalue weighted by molar-refractivity contribution is 0.478. The Balaban J connectivity index is 2.39. The molecule has 1 atom stereocenters. The summed E-state index contributed by atoms with van der Waals surface area (Å²) >= 11 is 2.43. The number of halogens is 1. The van der Waals surface area contributed by atoms with Crippen LogP contribution < -0.4 is 0 Å². The van der Waals surface area contributed by atoms with Crippen molar-refractivity contribution in [3.8, 4) is 0 Å². The zero-order chi connectivity index (χ0) is 8.27. The van der Waals surface area contributed by atoms with Crippen LogP contribution in [0.4, 0.5) is 0 Å². The van der Waals surface area contributed by atoms with Crippen LogP contribution in [0, 0.1) is 6.92 Å². The highest BCUT2D eigenvalue weighted by Gasteiger charge is 2.00. The van der Waals surface area contributed by atoms with Crippen molar-refractivity contribution in [3.05, 3.63) is 23.7 Å². The molecule has 0 amide bonds. The lowest BCUT2D eigenvalue weighted by Gasteiger charge is -1.98. The fourth-order valence-corrected chi connectivity index (χ4v) is 1.27. The summed E-state index contributed by atoms with van der Waals surface area (Å²) in [5.74, 6) is 2.13. The smallest absolute Gasteiger partial charge is 0.104 e. The molecule has 0 N–H and O–H groups in total. The van der Waals surface area contributed by atoms with Crippen molar-refractivity contribution in [2.75, 3.05) is 0 Å². The topological polar surface area (TPSA) is 13.1 Å². The number of aryl methyl sites for hydroxylation is 2. The fourth-order valence-electron chi connectivity index (χ4n) is 0.961. The van der Waals surface area contributed by atoms with Crippen LogP contribution in [0.2, 0.25) is 0 Å². The molecule has 62 valence electrons. The first-order valence-corrected chi connectivity index (χ1v) is 5.12. The van der Waals surface area contributed by atoms with E-state index in [4.69, 9.17) is 4.42 Å². The van der Waals surface area contributed by atoms with Gasteiger partial charge in [-0.2, -0.15) is 0 Å². The van der Waals surface area contributed by atoms with Crippen LogP contribution in [-0.2, 0) is 6.42 Å². The molecule has 0 saturated heterocycles. The summed E-state index contributed by atoms with van der Waals surface area (Å²) in [6.07, 6.45) is 2.27. The molecule has 0 saturated carbocycles. The van der Waals surface area contributed by atoms with Gasteiger partial charge in [-0.25, -0.2) is 0 Å². The minimum atomic E-state index is 0.734. The third-order valence-electron chi connectivity index (χ3n) is 1.58. The molecule has 1 unspecified atom stereocenters. The van der Waals surface area contributed by atoms with E-state index < -0.39 is 0 Å². The van der Waals surface area contributed by atoms with Crippen LogP contribution in [0.5, 0.6) is 0 Å². The zero-order valence-corrected chi connectivity index (χ0v) is 9.09. The lowest BCUT2D eigenvalue weighted by Crippen LogP contribution is -1.91. The predicted molar refractivity (Wildman–Crippen MR) is 55.2 cm³/mol. The quantitative estimate of drug-likeness (QED) is 0.602. The summed E-state index contributed by atoms with van der Waals surface area (Å²) in [4.78, 5) is 0. The molecule has 1 rings (SSSR count). The summed E-state index contributed by atoms with van der Waals surface area (Å²) in [5, 5.41) is 0. The molecule has 0 aromatic carbocycles. The monoisotopic (exact) mass is 264 g/mol. The van der Waals surface area contributed by atoms with E-state index in [2.05, 4.69) is 35.6 Å². The minimum Gasteiger partial charge on any atom is -0.466 e. The maximum Gasteiger partial charge on any atom is 0.104 e. The van der Waals surface area contributed by atoms with Gasteiger partial charge >= 0.3 is 0 Å². The first kappa shape index (κ1) is 9.10. The van der Waals surface area contributed by atoms with E-state index >= 15 is 0 Å². The van der Waals surface area contributed by atoms with E-state index in [1.54, 1.807) is 0 Å². The van der Waals surface area contributed by atoms with Crippen molar-refractivity contribution in [1.82, 2.24) is 0 Å². The Labute approximate surface area is 81.3 Å². The average Bonchev–Trinajstić information content (AvgIpc) is 2.31. The van der Waals surface area contributed by atoms with Gasteiger partial charge in [-0.3, -0.25) is 0 Å². The number of rotatable bonds is 3. The third-order valence-corrected chi connectivity index (χ3v) is 2.21. The molecule has 0 aliphatic heterocycles. The van der Waals surface area contributed by atoms with E-state index in [-0.39, 0.29) is 0 Å². The number of furan rings is 1. The number of alkyl halides is 1. The molecule has 0 bridgehead atoms. The average molecular weight is 264 g/mol. The first-order valence-electron chi connectivity index (χ1n) is 3.88. The highest BCUT2D eigenvalue weighted by Crippen LogP contribution is 2.12. The highest BCUT2D eigenvalue weighted by molar-refractivity contribution is 14.1. The molecule has 0 aliphatic carbocycles. The van der Waals surface area contributed by atoms with Crippen LogP contribution in [0.15, 0.2) is 16.5 Å². The van der Waals surface area contributed by atoms with Crippen molar-refractivity contribution in [3.63, 3.8) is 0 Å². The zero-order valence-electron chi connectivity index (χ0n) is 6.93. The van der Waals surface area contributed by atoms with Crippen molar-refractivity contribution in [2.45, 2.75) is 30.6 Å². The molecule has 0 radical (unpaired) electrons. The second-order valence-electron chi connectivity index (χ2n) is 2.83. The van der Waals surface area contributed by atoms with Crippen LogP contribution in [-0.4, -0.2) is 3.92 Å². The van der Waals surface area contributed by atoms with Gasteiger partial charge in [0.15, 0.2) is 0 Å². The van der Waals surface area contributed by atoms with Gasteiger partial charge in [-0.1, -0.05) is 29.5 Å². The Morgan fingerprint density at radius 2 is 2.27 bits per heavy atom. The fraction of sp³-hybridized carbons (Fsp3) is 0.556. The molecule has 0 aliphatic rings. The molecule has 1 aromatic rings. The molecule has 11 heavy (non-hydrogen) atoms. The van der Waals surface area contributed by atoms with Gasteiger partial charge in [-0.05, 0) is 25.5 Å². The standard InChI is InChI=1S/C9H13IO/c1-7(10)3-5-9-6-4-8(2)11-9/h4,6-7H,3,5H2,1-2H3. The maximum atomic E-state index is 5.43. The largest absolute Gasteiger partial charge is 0.466 e. The number of hydrogen-bond acceptors (Lipinski definition) is 1. The molecule has 0 spiro atoms.